The third-order valence-corrected chi connectivity index (χ3v) is 2.96. The Balaban J connectivity index is 2.57. The molecule has 2 aromatic heterocycles. The van der Waals surface area contributed by atoms with Crippen molar-refractivity contribution in [1.29, 1.82) is 0 Å². The van der Waals surface area contributed by atoms with Crippen molar-refractivity contribution >= 4 is 34.6 Å². The number of aryl methyl sites for hydroxylation is 1. The summed E-state index contributed by atoms with van der Waals surface area (Å²) >= 11 is 10.8. The van der Waals surface area contributed by atoms with Gasteiger partial charge in [-0.05, 0) is 0 Å². The lowest BCUT2D eigenvalue weighted by atomic mass is 10.2. The van der Waals surface area contributed by atoms with Crippen molar-refractivity contribution in [3.63, 3.8) is 0 Å². The van der Waals surface area contributed by atoms with Crippen molar-refractivity contribution in [3.05, 3.63) is 10.6 Å². The Morgan fingerprint density at radius 1 is 1.55 bits per heavy atom. The number of nitrogen functional groups attached to an aromatic ring is 1. The zero-order chi connectivity index (χ0) is 15.0. The molecule has 0 saturated carbocycles. The maximum absolute atomic E-state index is 12.3. The van der Waals surface area contributed by atoms with Crippen molar-refractivity contribution in [3.8, 4) is 17.3 Å². The van der Waals surface area contributed by atoms with E-state index in [0.29, 0.717) is 0 Å². The molecule has 0 amide bonds. The largest absolute Gasteiger partial charge is 0.416 e. The highest BCUT2D eigenvalue weighted by molar-refractivity contribution is 7.80. The summed E-state index contributed by atoms with van der Waals surface area (Å²) in [6.45, 7) is -3.03. The molecular weight excluding hydrogens is 314 g/mol. The topological polar surface area (TPSA) is 108 Å². The molecule has 5 N–H and O–H groups in total. The lowest BCUT2D eigenvalue weighted by Crippen LogP contribution is -2.12. The fourth-order valence-corrected chi connectivity index (χ4v) is 2.14. The number of anilines is 1. The van der Waals surface area contributed by atoms with Gasteiger partial charge < -0.3 is 16.2 Å². The zero-order valence-electron chi connectivity index (χ0n) is 10.0. The van der Waals surface area contributed by atoms with E-state index in [1.54, 1.807) is 0 Å². The van der Waals surface area contributed by atoms with Gasteiger partial charge in [0.05, 0.1) is 11.3 Å². The molecule has 0 aliphatic carbocycles. The van der Waals surface area contributed by atoms with Gasteiger partial charge in [-0.25, -0.2) is 4.68 Å². The number of alkyl halides is 2. The summed E-state index contributed by atoms with van der Waals surface area (Å²) in [5.74, 6) is -0.232. The number of hydrogen-bond donors (Lipinski definition) is 3. The maximum atomic E-state index is 12.3. The van der Waals surface area contributed by atoms with Crippen LogP contribution in [0.4, 0.5) is 14.6 Å². The molecule has 0 radical (unpaired) electrons. The zero-order valence-corrected chi connectivity index (χ0v) is 11.6. The molecule has 7 nitrogen and oxygen atoms in total. The molecule has 11 heteroatoms. The van der Waals surface area contributed by atoms with Crippen LogP contribution >= 0.6 is 23.8 Å². The molecule has 0 saturated heterocycles. The summed E-state index contributed by atoms with van der Waals surface area (Å²) in [5.41, 5.74) is 11.7. The lowest BCUT2D eigenvalue weighted by Gasteiger charge is -2.03. The number of aromatic amines is 1. The standard InChI is InChI=1S/C9H9ClF2N6OS/c1-18-8(19-9(11)12)3(10)5(17-18)4-2(7(14)20)6(13)16-15-4/h9H,1H3,(H2,14,20)(H3,13,15,16). The first-order valence-electron chi connectivity index (χ1n) is 5.14. The number of H-pyrrole nitrogens is 1. The Kier molecular flexibility index (Phi) is 3.77. The highest BCUT2D eigenvalue weighted by atomic mass is 35.5. The minimum Gasteiger partial charge on any atom is -0.416 e. The predicted molar refractivity (Wildman–Crippen MR) is 72.7 cm³/mol. The SMILES string of the molecule is Cn1nc(-c2[nH]nc(N)c2C(N)=S)c(Cl)c1OC(F)F. The summed E-state index contributed by atoms with van der Waals surface area (Å²) in [6, 6.07) is 0. The summed E-state index contributed by atoms with van der Waals surface area (Å²) in [6.07, 6.45) is 0. The van der Waals surface area contributed by atoms with Crippen LogP contribution in [0.2, 0.25) is 5.02 Å². The third kappa shape index (κ3) is 2.39. The second kappa shape index (κ2) is 5.21. The fraction of sp³-hybridized carbons (Fsp3) is 0.222. The van der Waals surface area contributed by atoms with Crippen LogP contribution in [0.15, 0.2) is 0 Å². The quantitative estimate of drug-likeness (QED) is 0.732. The minimum absolute atomic E-state index is 0.0238. The van der Waals surface area contributed by atoms with Crippen molar-refractivity contribution in [2.75, 3.05) is 5.73 Å². The molecule has 0 aliphatic rings. The first kappa shape index (κ1) is 14.5. The Hall–Kier alpha value is -1.94. The number of ether oxygens (including phenoxy) is 1. The first-order valence-corrected chi connectivity index (χ1v) is 5.92. The fourth-order valence-electron chi connectivity index (χ4n) is 1.63. The van der Waals surface area contributed by atoms with E-state index in [1.165, 1.54) is 7.05 Å². The van der Waals surface area contributed by atoms with E-state index >= 15 is 0 Å². The third-order valence-electron chi connectivity index (χ3n) is 2.42. The van der Waals surface area contributed by atoms with Crippen molar-refractivity contribution in [1.82, 2.24) is 20.0 Å². The van der Waals surface area contributed by atoms with Gasteiger partial charge in [-0.15, -0.1) is 0 Å². The molecule has 2 aromatic rings. The van der Waals surface area contributed by atoms with E-state index in [0.717, 1.165) is 4.68 Å². The van der Waals surface area contributed by atoms with Crippen LogP contribution in [0.3, 0.4) is 0 Å². The van der Waals surface area contributed by atoms with Crippen LogP contribution in [-0.2, 0) is 7.05 Å². The normalized spacial score (nSPS) is 11.1. The van der Waals surface area contributed by atoms with Crippen LogP contribution in [0, 0.1) is 0 Å². The molecule has 0 atom stereocenters. The number of thiocarbonyl (C=S) groups is 1. The highest BCUT2D eigenvalue weighted by Gasteiger charge is 2.25. The summed E-state index contributed by atoms with van der Waals surface area (Å²) < 4.78 is 30.0. The number of halogens is 3. The average Bonchev–Trinajstić information content (AvgIpc) is 2.84. The molecular formula is C9H9ClF2N6OS. The number of hydrogen-bond acceptors (Lipinski definition) is 5. The Morgan fingerprint density at radius 2 is 2.20 bits per heavy atom. The van der Waals surface area contributed by atoms with Crippen LogP contribution in [0.1, 0.15) is 5.56 Å². The Bertz CT molecular complexity index is 670. The van der Waals surface area contributed by atoms with E-state index in [9.17, 15) is 8.78 Å². The Morgan fingerprint density at radius 3 is 2.75 bits per heavy atom. The van der Waals surface area contributed by atoms with E-state index in [-0.39, 0.29) is 38.7 Å². The maximum Gasteiger partial charge on any atom is 0.388 e. The molecule has 2 rings (SSSR count). The van der Waals surface area contributed by atoms with Gasteiger partial charge in [0.15, 0.2) is 5.82 Å². The number of nitrogens with zero attached hydrogens (tertiary/aromatic N) is 3. The molecule has 0 bridgehead atoms. The summed E-state index contributed by atoms with van der Waals surface area (Å²) in [7, 11) is 1.40. The molecule has 0 aromatic carbocycles. The predicted octanol–water partition coefficient (Wildman–Crippen LogP) is 1.28. The van der Waals surface area contributed by atoms with E-state index in [4.69, 9.17) is 35.3 Å². The molecule has 0 unspecified atom stereocenters. The van der Waals surface area contributed by atoms with Crippen molar-refractivity contribution in [2.24, 2.45) is 12.8 Å². The van der Waals surface area contributed by atoms with Gasteiger partial charge in [0.1, 0.15) is 15.7 Å². The van der Waals surface area contributed by atoms with Crippen molar-refractivity contribution < 1.29 is 13.5 Å². The number of nitrogens with one attached hydrogen (secondary N) is 1. The summed E-state index contributed by atoms with van der Waals surface area (Å²) in [5, 5.41) is 10.1. The van der Waals surface area contributed by atoms with Gasteiger partial charge in [0.2, 0.25) is 5.88 Å². The van der Waals surface area contributed by atoms with Crippen LogP contribution < -0.4 is 16.2 Å². The highest BCUT2D eigenvalue weighted by Crippen LogP contribution is 2.36. The van der Waals surface area contributed by atoms with Crippen LogP contribution in [-0.4, -0.2) is 31.6 Å². The molecule has 20 heavy (non-hydrogen) atoms. The second-order valence-electron chi connectivity index (χ2n) is 3.69. The molecule has 0 fully saturated rings. The van der Waals surface area contributed by atoms with Gasteiger partial charge >= 0.3 is 6.61 Å². The van der Waals surface area contributed by atoms with Gasteiger partial charge in [-0.1, -0.05) is 23.8 Å². The summed E-state index contributed by atoms with van der Waals surface area (Å²) in [4.78, 5) is -0.0238. The molecule has 0 spiro atoms. The van der Waals surface area contributed by atoms with Gasteiger partial charge in [-0.3, -0.25) is 5.10 Å². The smallest absolute Gasteiger partial charge is 0.388 e. The van der Waals surface area contributed by atoms with Crippen LogP contribution in [0.25, 0.3) is 11.4 Å². The molecule has 108 valence electrons. The van der Waals surface area contributed by atoms with Gasteiger partial charge in [0.25, 0.3) is 0 Å². The minimum atomic E-state index is -3.03. The van der Waals surface area contributed by atoms with E-state index < -0.39 is 6.61 Å². The molecule has 0 aliphatic heterocycles. The van der Waals surface area contributed by atoms with Gasteiger partial charge in [0, 0.05) is 7.05 Å². The van der Waals surface area contributed by atoms with Crippen molar-refractivity contribution in [2.45, 2.75) is 6.61 Å². The average molecular weight is 323 g/mol. The molecule has 2 heterocycles. The van der Waals surface area contributed by atoms with Gasteiger partial charge in [-0.2, -0.15) is 19.0 Å². The first-order chi connectivity index (χ1) is 9.32. The number of aromatic nitrogens is 4. The number of nitrogens with two attached hydrogens (primary N) is 2. The number of rotatable bonds is 4. The second-order valence-corrected chi connectivity index (χ2v) is 4.51. The lowest BCUT2D eigenvalue weighted by molar-refractivity contribution is -0.0552. The van der Waals surface area contributed by atoms with E-state index in [1.807, 2.05) is 0 Å². The van der Waals surface area contributed by atoms with Crippen LogP contribution in [0.5, 0.6) is 5.88 Å². The Labute approximate surface area is 121 Å². The van der Waals surface area contributed by atoms with E-state index in [2.05, 4.69) is 20.0 Å². The monoisotopic (exact) mass is 322 g/mol.